The zero-order valence-corrected chi connectivity index (χ0v) is 11.8. The number of nitrogen functional groups attached to an aromatic ring is 1. The standard InChI is InChI=1S/C15H23N3O/c1-11-8-13(16)6-7-14(11)17-15(19)10-18(2)9-12-4-3-5-12/h6-8,12H,3-5,9-10,16H2,1-2H3,(H,17,19). The van der Waals surface area contributed by atoms with Gasteiger partial charge in [0.05, 0.1) is 6.54 Å². The maximum absolute atomic E-state index is 12.0. The van der Waals surface area contributed by atoms with Gasteiger partial charge in [-0.15, -0.1) is 0 Å². The number of rotatable bonds is 5. The SMILES string of the molecule is Cc1cc(N)ccc1NC(=O)CN(C)CC1CCC1. The number of amides is 1. The predicted octanol–water partition coefficient (Wildman–Crippen LogP) is 2.25. The van der Waals surface area contributed by atoms with E-state index in [9.17, 15) is 4.79 Å². The molecule has 1 aliphatic carbocycles. The normalized spacial score (nSPS) is 15.3. The second-order valence-electron chi connectivity index (χ2n) is 5.62. The summed E-state index contributed by atoms with van der Waals surface area (Å²) in [5.41, 5.74) is 8.25. The quantitative estimate of drug-likeness (QED) is 0.799. The molecule has 0 heterocycles. The van der Waals surface area contributed by atoms with Gasteiger partial charge in [-0.05, 0) is 56.5 Å². The summed E-state index contributed by atoms with van der Waals surface area (Å²) in [6.07, 6.45) is 3.96. The zero-order chi connectivity index (χ0) is 13.8. The Balaban J connectivity index is 1.82. The van der Waals surface area contributed by atoms with Gasteiger partial charge in [0.25, 0.3) is 0 Å². The highest BCUT2D eigenvalue weighted by Gasteiger charge is 2.20. The van der Waals surface area contributed by atoms with Crippen LogP contribution in [-0.2, 0) is 4.79 Å². The fraction of sp³-hybridized carbons (Fsp3) is 0.533. The minimum Gasteiger partial charge on any atom is -0.399 e. The summed E-state index contributed by atoms with van der Waals surface area (Å²) in [6.45, 7) is 3.42. The Morgan fingerprint density at radius 2 is 2.21 bits per heavy atom. The molecule has 19 heavy (non-hydrogen) atoms. The molecule has 104 valence electrons. The van der Waals surface area contributed by atoms with Crippen molar-refractivity contribution in [1.29, 1.82) is 0 Å². The Hall–Kier alpha value is -1.55. The number of nitrogens with one attached hydrogen (secondary N) is 1. The summed E-state index contributed by atoms with van der Waals surface area (Å²) in [7, 11) is 2.01. The number of hydrogen-bond acceptors (Lipinski definition) is 3. The topological polar surface area (TPSA) is 58.4 Å². The Morgan fingerprint density at radius 1 is 1.47 bits per heavy atom. The number of anilines is 2. The molecule has 1 amide bonds. The van der Waals surface area contributed by atoms with Gasteiger partial charge in [-0.3, -0.25) is 9.69 Å². The molecule has 1 aliphatic rings. The molecule has 0 atom stereocenters. The van der Waals surface area contributed by atoms with Gasteiger partial charge in [0.15, 0.2) is 0 Å². The van der Waals surface area contributed by atoms with Gasteiger partial charge in [0.1, 0.15) is 0 Å². The van der Waals surface area contributed by atoms with Crippen LogP contribution in [-0.4, -0.2) is 30.9 Å². The largest absolute Gasteiger partial charge is 0.399 e. The van der Waals surface area contributed by atoms with Crippen LogP contribution in [0.4, 0.5) is 11.4 Å². The Bertz CT molecular complexity index is 455. The molecule has 1 aromatic carbocycles. The van der Waals surface area contributed by atoms with Crippen LogP contribution in [0, 0.1) is 12.8 Å². The molecular formula is C15H23N3O. The molecule has 4 nitrogen and oxygen atoms in total. The molecule has 0 unspecified atom stereocenters. The molecule has 3 N–H and O–H groups in total. The minimum absolute atomic E-state index is 0.0368. The van der Waals surface area contributed by atoms with Gasteiger partial charge in [0, 0.05) is 17.9 Å². The lowest BCUT2D eigenvalue weighted by molar-refractivity contribution is -0.117. The average Bonchev–Trinajstić information content (AvgIpc) is 2.27. The number of aryl methyl sites for hydroxylation is 1. The number of likely N-dealkylation sites (N-methyl/N-ethyl adjacent to an activating group) is 1. The van der Waals surface area contributed by atoms with Crippen molar-refractivity contribution in [3.05, 3.63) is 23.8 Å². The van der Waals surface area contributed by atoms with Crippen LogP contribution in [0.5, 0.6) is 0 Å². The lowest BCUT2D eigenvalue weighted by Crippen LogP contribution is -2.35. The summed E-state index contributed by atoms with van der Waals surface area (Å²) in [5, 5.41) is 2.94. The van der Waals surface area contributed by atoms with Crippen molar-refractivity contribution < 1.29 is 4.79 Å². The van der Waals surface area contributed by atoms with Gasteiger partial charge in [-0.2, -0.15) is 0 Å². The summed E-state index contributed by atoms with van der Waals surface area (Å²) < 4.78 is 0. The minimum atomic E-state index is 0.0368. The zero-order valence-electron chi connectivity index (χ0n) is 11.8. The first kappa shape index (κ1) is 13.9. The van der Waals surface area contributed by atoms with Gasteiger partial charge >= 0.3 is 0 Å². The number of nitrogens with zero attached hydrogens (tertiary/aromatic N) is 1. The van der Waals surface area contributed by atoms with Crippen LogP contribution >= 0.6 is 0 Å². The van der Waals surface area contributed by atoms with Gasteiger partial charge < -0.3 is 11.1 Å². The molecule has 0 aliphatic heterocycles. The molecule has 2 rings (SSSR count). The number of hydrogen-bond donors (Lipinski definition) is 2. The van der Waals surface area contributed by atoms with Gasteiger partial charge in [-0.1, -0.05) is 6.42 Å². The highest BCUT2D eigenvalue weighted by molar-refractivity contribution is 5.93. The van der Waals surface area contributed by atoms with Crippen LogP contribution in [0.15, 0.2) is 18.2 Å². The van der Waals surface area contributed by atoms with Crippen molar-refractivity contribution >= 4 is 17.3 Å². The number of carbonyl (C=O) groups is 1. The number of nitrogens with two attached hydrogens (primary N) is 1. The van der Waals surface area contributed by atoms with E-state index in [4.69, 9.17) is 5.73 Å². The van der Waals surface area contributed by atoms with Crippen molar-refractivity contribution in [2.45, 2.75) is 26.2 Å². The highest BCUT2D eigenvalue weighted by atomic mass is 16.2. The molecule has 0 radical (unpaired) electrons. The smallest absolute Gasteiger partial charge is 0.238 e. The second-order valence-corrected chi connectivity index (χ2v) is 5.62. The Labute approximate surface area is 115 Å². The average molecular weight is 261 g/mol. The van der Waals surface area contributed by atoms with Crippen molar-refractivity contribution in [2.24, 2.45) is 5.92 Å². The maximum atomic E-state index is 12.0. The first-order valence-corrected chi connectivity index (χ1v) is 6.89. The van der Waals surface area contributed by atoms with E-state index in [1.807, 2.05) is 26.1 Å². The molecule has 4 heteroatoms. The lowest BCUT2D eigenvalue weighted by Gasteiger charge is -2.29. The van der Waals surface area contributed by atoms with Crippen molar-refractivity contribution in [3.63, 3.8) is 0 Å². The first-order valence-electron chi connectivity index (χ1n) is 6.89. The molecule has 1 aromatic rings. The van der Waals surface area contributed by atoms with E-state index in [1.54, 1.807) is 6.07 Å². The molecule has 1 saturated carbocycles. The molecule has 0 spiro atoms. The molecule has 0 saturated heterocycles. The van der Waals surface area contributed by atoms with Gasteiger partial charge in [0.2, 0.25) is 5.91 Å². The molecule has 0 bridgehead atoms. The third-order valence-corrected chi connectivity index (χ3v) is 3.73. The molecule has 1 fully saturated rings. The second kappa shape index (κ2) is 6.06. The Kier molecular flexibility index (Phi) is 4.43. The number of carbonyl (C=O) groups excluding carboxylic acids is 1. The summed E-state index contributed by atoms with van der Waals surface area (Å²) >= 11 is 0. The van der Waals surface area contributed by atoms with E-state index >= 15 is 0 Å². The highest BCUT2D eigenvalue weighted by Crippen LogP contribution is 2.26. The monoisotopic (exact) mass is 261 g/mol. The van der Waals surface area contributed by atoms with Crippen molar-refractivity contribution in [1.82, 2.24) is 4.90 Å². The maximum Gasteiger partial charge on any atom is 0.238 e. The first-order chi connectivity index (χ1) is 9.04. The van der Waals surface area contributed by atoms with E-state index in [0.717, 1.165) is 29.4 Å². The summed E-state index contributed by atoms with van der Waals surface area (Å²) in [5.74, 6) is 0.825. The van der Waals surface area contributed by atoms with E-state index < -0.39 is 0 Å². The summed E-state index contributed by atoms with van der Waals surface area (Å²) in [4.78, 5) is 14.1. The fourth-order valence-corrected chi connectivity index (χ4v) is 2.44. The molecular weight excluding hydrogens is 238 g/mol. The van der Waals surface area contributed by atoms with E-state index in [-0.39, 0.29) is 5.91 Å². The van der Waals surface area contributed by atoms with E-state index in [0.29, 0.717) is 6.54 Å². The van der Waals surface area contributed by atoms with E-state index in [1.165, 1.54) is 19.3 Å². The van der Waals surface area contributed by atoms with Crippen LogP contribution < -0.4 is 11.1 Å². The van der Waals surface area contributed by atoms with Crippen LogP contribution in [0.25, 0.3) is 0 Å². The third-order valence-electron chi connectivity index (χ3n) is 3.73. The van der Waals surface area contributed by atoms with Crippen molar-refractivity contribution in [3.8, 4) is 0 Å². The fourth-order valence-electron chi connectivity index (χ4n) is 2.44. The third kappa shape index (κ3) is 3.96. The number of benzene rings is 1. The van der Waals surface area contributed by atoms with Crippen molar-refractivity contribution in [2.75, 3.05) is 31.2 Å². The lowest BCUT2D eigenvalue weighted by atomic mass is 9.85. The van der Waals surface area contributed by atoms with Crippen LogP contribution in [0.1, 0.15) is 24.8 Å². The molecule has 0 aromatic heterocycles. The van der Waals surface area contributed by atoms with Crippen LogP contribution in [0.3, 0.4) is 0 Å². The predicted molar refractivity (Wildman–Crippen MR) is 79.1 cm³/mol. The summed E-state index contributed by atoms with van der Waals surface area (Å²) in [6, 6.07) is 5.53. The van der Waals surface area contributed by atoms with E-state index in [2.05, 4.69) is 10.2 Å². The van der Waals surface area contributed by atoms with Crippen LogP contribution in [0.2, 0.25) is 0 Å². The van der Waals surface area contributed by atoms with Gasteiger partial charge in [-0.25, -0.2) is 0 Å². The Morgan fingerprint density at radius 3 is 2.79 bits per heavy atom.